The first-order valence-corrected chi connectivity index (χ1v) is 6.66. The number of allylic oxidation sites excluding steroid dienone is 1. The molecule has 1 heteroatoms. The fraction of sp³-hybridized carbons (Fsp3) is 0.357. The Morgan fingerprint density at radius 3 is 2.13 bits per heavy atom. The first-order chi connectivity index (χ1) is 6.91. The summed E-state index contributed by atoms with van der Waals surface area (Å²) in [5, 5.41) is 0. The molecule has 0 nitrogen and oxygen atoms in total. The van der Waals surface area contributed by atoms with Crippen LogP contribution in [0.15, 0.2) is 35.9 Å². The van der Waals surface area contributed by atoms with E-state index >= 15 is 0 Å². The van der Waals surface area contributed by atoms with Gasteiger partial charge in [-0.2, -0.15) is 0 Å². The summed E-state index contributed by atoms with van der Waals surface area (Å²) in [5.41, 5.74) is 2.99. The van der Waals surface area contributed by atoms with Gasteiger partial charge in [-0.05, 0) is 0 Å². The van der Waals surface area contributed by atoms with E-state index in [4.69, 9.17) is 0 Å². The molecule has 0 spiro atoms. The predicted octanol–water partition coefficient (Wildman–Crippen LogP) is 3.86. The Bertz CT molecular complexity index is 366. The maximum absolute atomic E-state index is 2.28. The molecular formula is C14H18W. The van der Waals surface area contributed by atoms with Crippen molar-refractivity contribution < 1.29 is 19.4 Å². The van der Waals surface area contributed by atoms with Crippen molar-refractivity contribution in [2.24, 2.45) is 5.41 Å². The molecule has 0 fully saturated rings. The average molecular weight is 370 g/mol. The third kappa shape index (κ3) is 3.87. The first kappa shape index (κ1) is 12.6. The Balaban J connectivity index is 2.91. The summed E-state index contributed by atoms with van der Waals surface area (Å²) >= 11 is 1.57. The zero-order chi connectivity index (χ0) is 11.5. The molecule has 1 aromatic rings. The third-order valence-electron chi connectivity index (χ3n) is 2.22. The van der Waals surface area contributed by atoms with E-state index < -0.39 is 0 Å². The molecule has 0 bridgehead atoms. The summed E-state index contributed by atoms with van der Waals surface area (Å²) in [7, 11) is 0. The molecule has 80 valence electrons. The van der Waals surface area contributed by atoms with Gasteiger partial charge in [0.1, 0.15) is 0 Å². The molecule has 0 amide bonds. The van der Waals surface area contributed by atoms with Crippen LogP contribution in [0.4, 0.5) is 0 Å². The van der Waals surface area contributed by atoms with E-state index in [1.54, 1.807) is 19.4 Å². The van der Waals surface area contributed by atoms with E-state index in [9.17, 15) is 0 Å². The minimum atomic E-state index is 0.296. The maximum atomic E-state index is 2.28. The second-order valence-electron chi connectivity index (χ2n) is 4.82. The van der Waals surface area contributed by atoms with Crippen LogP contribution in [0.2, 0.25) is 0 Å². The number of hydrogen-bond acceptors (Lipinski definition) is 0. The van der Waals surface area contributed by atoms with Crippen LogP contribution in [-0.4, -0.2) is 3.90 Å². The van der Waals surface area contributed by atoms with Crippen LogP contribution >= 0.6 is 0 Å². The van der Waals surface area contributed by atoms with Crippen molar-refractivity contribution in [1.82, 2.24) is 0 Å². The van der Waals surface area contributed by atoms with Crippen LogP contribution < -0.4 is 0 Å². The van der Waals surface area contributed by atoms with Crippen molar-refractivity contribution in [3.05, 3.63) is 41.5 Å². The van der Waals surface area contributed by atoms with Crippen molar-refractivity contribution in [3.63, 3.8) is 0 Å². The molecule has 0 saturated carbocycles. The van der Waals surface area contributed by atoms with Crippen LogP contribution in [0.1, 0.15) is 33.3 Å². The fourth-order valence-electron chi connectivity index (χ4n) is 1.46. The molecule has 0 aliphatic rings. The number of benzene rings is 1. The SMILES string of the molecule is CC(=Cc1ccccc1)[C](=[W])C(C)(C)C. The van der Waals surface area contributed by atoms with Crippen molar-refractivity contribution in [1.29, 1.82) is 0 Å². The summed E-state index contributed by atoms with van der Waals surface area (Å²) < 4.78 is 1.53. The molecule has 0 aliphatic heterocycles. The molecule has 0 N–H and O–H groups in total. The second-order valence-corrected chi connectivity index (χ2v) is 6.28. The van der Waals surface area contributed by atoms with Gasteiger partial charge in [0.15, 0.2) is 0 Å². The van der Waals surface area contributed by atoms with Crippen LogP contribution in [0.5, 0.6) is 0 Å². The van der Waals surface area contributed by atoms with Crippen molar-refractivity contribution in [2.75, 3.05) is 0 Å². The van der Waals surface area contributed by atoms with E-state index in [1.165, 1.54) is 15.0 Å². The Morgan fingerprint density at radius 1 is 1.13 bits per heavy atom. The van der Waals surface area contributed by atoms with E-state index in [1.807, 2.05) is 0 Å². The quantitative estimate of drug-likeness (QED) is 0.742. The van der Waals surface area contributed by atoms with Gasteiger partial charge < -0.3 is 0 Å². The molecule has 0 unspecified atom stereocenters. The van der Waals surface area contributed by atoms with Crippen LogP contribution in [0.25, 0.3) is 6.08 Å². The third-order valence-corrected chi connectivity index (χ3v) is 5.58. The molecule has 0 heterocycles. The van der Waals surface area contributed by atoms with Gasteiger partial charge in [0.2, 0.25) is 0 Å². The molecular weight excluding hydrogens is 352 g/mol. The standard InChI is InChI=1S/C14H18.W/c1-12(11-14(2,3)4)10-13-8-6-5-7-9-13;/h5-10H,1-4H3;. The van der Waals surface area contributed by atoms with Crippen LogP contribution in [0.3, 0.4) is 0 Å². The van der Waals surface area contributed by atoms with Gasteiger partial charge in [0.05, 0.1) is 0 Å². The average Bonchev–Trinajstić information content (AvgIpc) is 2.16. The fourth-order valence-corrected chi connectivity index (χ4v) is 1.67. The topological polar surface area (TPSA) is 0 Å². The molecule has 0 atom stereocenters. The normalized spacial score (nSPS) is 12.7. The Labute approximate surface area is 104 Å². The molecule has 0 radical (unpaired) electrons. The Hall–Kier alpha value is -0.482. The summed E-state index contributed by atoms with van der Waals surface area (Å²) in [6, 6.07) is 10.5. The monoisotopic (exact) mass is 370 g/mol. The summed E-state index contributed by atoms with van der Waals surface area (Å²) in [5.74, 6) is 0. The molecule has 1 rings (SSSR count). The van der Waals surface area contributed by atoms with E-state index in [0.717, 1.165) is 0 Å². The molecule has 0 aromatic heterocycles. The Morgan fingerprint density at radius 2 is 1.67 bits per heavy atom. The Kier molecular flexibility index (Phi) is 4.22. The summed E-state index contributed by atoms with van der Waals surface area (Å²) in [4.78, 5) is 0. The number of rotatable bonds is 2. The molecule has 1 aromatic carbocycles. The summed E-state index contributed by atoms with van der Waals surface area (Å²) in [6.45, 7) is 9.04. The van der Waals surface area contributed by atoms with Crippen molar-refractivity contribution in [2.45, 2.75) is 27.7 Å². The molecule has 0 aliphatic carbocycles. The van der Waals surface area contributed by atoms with Gasteiger partial charge in [-0.15, -0.1) is 0 Å². The van der Waals surface area contributed by atoms with Gasteiger partial charge in [-0.1, -0.05) is 0 Å². The minimum absolute atomic E-state index is 0.296. The van der Waals surface area contributed by atoms with Gasteiger partial charge in [-0.3, -0.25) is 0 Å². The summed E-state index contributed by atoms with van der Waals surface area (Å²) in [6.07, 6.45) is 2.27. The van der Waals surface area contributed by atoms with Gasteiger partial charge in [0, 0.05) is 0 Å². The van der Waals surface area contributed by atoms with Crippen LogP contribution in [0, 0.1) is 5.41 Å². The molecule has 0 saturated heterocycles. The molecule has 15 heavy (non-hydrogen) atoms. The van der Waals surface area contributed by atoms with E-state index in [0.29, 0.717) is 5.41 Å². The van der Waals surface area contributed by atoms with Crippen LogP contribution in [-0.2, 0) is 19.4 Å². The number of hydrogen-bond donors (Lipinski definition) is 0. The van der Waals surface area contributed by atoms with Gasteiger partial charge in [-0.25, -0.2) is 0 Å². The second kappa shape index (κ2) is 5.03. The zero-order valence-electron chi connectivity index (χ0n) is 9.87. The van der Waals surface area contributed by atoms with Crippen molar-refractivity contribution in [3.8, 4) is 0 Å². The zero-order valence-corrected chi connectivity index (χ0v) is 12.8. The predicted molar refractivity (Wildman–Crippen MR) is 64.6 cm³/mol. The van der Waals surface area contributed by atoms with E-state index in [2.05, 4.69) is 64.1 Å². The van der Waals surface area contributed by atoms with E-state index in [-0.39, 0.29) is 0 Å². The van der Waals surface area contributed by atoms with Crippen molar-refractivity contribution >= 4 is 9.97 Å². The van der Waals surface area contributed by atoms with Gasteiger partial charge in [0.25, 0.3) is 0 Å². The first-order valence-electron chi connectivity index (χ1n) is 5.19. The van der Waals surface area contributed by atoms with Gasteiger partial charge >= 0.3 is 104 Å².